The van der Waals surface area contributed by atoms with E-state index in [2.05, 4.69) is 31.2 Å². The van der Waals surface area contributed by atoms with Crippen LogP contribution in [0.5, 0.6) is 0 Å². The van der Waals surface area contributed by atoms with Gasteiger partial charge in [-0.25, -0.2) is 0 Å². The maximum atomic E-state index is 12.6. The molecule has 1 aliphatic heterocycles. The van der Waals surface area contributed by atoms with E-state index < -0.39 is 0 Å². The number of halogens is 1. The average molecular weight is 376 g/mol. The van der Waals surface area contributed by atoms with Crippen molar-refractivity contribution in [1.82, 2.24) is 9.78 Å². The van der Waals surface area contributed by atoms with Crippen LogP contribution in [0.2, 0.25) is 5.02 Å². The Morgan fingerprint density at radius 2 is 2.04 bits per heavy atom. The Labute approximate surface area is 159 Å². The van der Waals surface area contributed by atoms with Crippen LogP contribution in [0, 0.1) is 5.92 Å². The smallest absolute Gasteiger partial charge is 0.292 e. The van der Waals surface area contributed by atoms with Gasteiger partial charge in [0.25, 0.3) is 5.56 Å². The molecular formula is C20H26ClN3O2. The molecule has 2 aromatic rings. The highest BCUT2D eigenvalue weighted by molar-refractivity contribution is 6.32. The van der Waals surface area contributed by atoms with E-state index in [0.29, 0.717) is 17.3 Å². The van der Waals surface area contributed by atoms with Crippen LogP contribution in [0.4, 0.5) is 5.69 Å². The molecule has 1 fully saturated rings. The van der Waals surface area contributed by atoms with E-state index in [1.807, 2.05) is 24.3 Å². The number of rotatable bonds is 4. The van der Waals surface area contributed by atoms with Crippen LogP contribution in [-0.4, -0.2) is 29.5 Å². The molecule has 6 heteroatoms. The summed E-state index contributed by atoms with van der Waals surface area (Å²) in [6.07, 6.45) is 3.81. The molecule has 0 amide bonds. The number of hydrogen-bond donors (Lipinski definition) is 1. The van der Waals surface area contributed by atoms with Crippen LogP contribution in [-0.2, 0) is 10.2 Å². The molecule has 1 N–H and O–H groups in total. The summed E-state index contributed by atoms with van der Waals surface area (Å²) in [7, 11) is 0. The topological polar surface area (TPSA) is 56.1 Å². The van der Waals surface area contributed by atoms with E-state index in [-0.39, 0.29) is 16.0 Å². The highest BCUT2D eigenvalue weighted by atomic mass is 35.5. The zero-order chi connectivity index (χ0) is 18.7. The summed E-state index contributed by atoms with van der Waals surface area (Å²) in [6.45, 7) is 8.77. The van der Waals surface area contributed by atoms with Crippen LogP contribution in [0.3, 0.4) is 0 Å². The van der Waals surface area contributed by atoms with Gasteiger partial charge in [0, 0.05) is 13.2 Å². The van der Waals surface area contributed by atoms with Crippen LogP contribution in [0.1, 0.15) is 39.2 Å². The lowest BCUT2D eigenvalue weighted by molar-refractivity contribution is 0.0595. The third kappa shape index (κ3) is 4.27. The Bertz CT molecular complexity index is 803. The van der Waals surface area contributed by atoms with Gasteiger partial charge in [0.1, 0.15) is 5.02 Å². The van der Waals surface area contributed by atoms with Gasteiger partial charge in [-0.15, -0.1) is 0 Å². The SMILES string of the molecule is CC(C)(C)c1ccc(-n2ncc(NC[C@@H]3CCCOC3)c(Cl)c2=O)cc1. The highest BCUT2D eigenvalue weighted by Gasteiger charge is 2.17. The van der Waals surface area contributed by atoms with Crippen LogP contribution in [0.25, 0.3) is 5.69 Å². The van der Waals surface area contributed by atoms with Gasteiger partial charge in [-0.2, -0.15) is 9.78 Å². The Kier molecular flexibility index (Phi) is 5.68. The number of nitrogens with one attached hydrogen (secondary N) is 1. The second-order valence-electron chi connectivity index (χ2n) is 7.85. The number of ether oxygens (including phenoxy) is 1. The van der Waals surface area contributed by atoms with Crippen molar-refractivity contribution in [3.05, 3.63) is 51.4 Å². The summed E-state index contributed by atoms with van der Waals surface area (Å²) in [5.74, 6) is 0.437. The highest BCUT2D eigenvalue weighted by Crippen LogP contribution is 2.23. The number of nitrogens with zero attached hydrogens (tertiary/aromatic N) is 2. The molecule has 0 bridgehead atoms. The molecule has 0 saturated carbocycles. The first-order valence-corrected chi connectivity index (χ1v) is 9.44. The molecule has 0 unspecified atom stereocenters. The van der Waals surface area contributed by atoms with Gasteiger partial charge in [-0.1, -0.05) is 44.5 Å². The van der Waals surface area contributed by atoms with Crippen molar-refractivity contribution in [2.45, 2.75) is 39.0 Å². The lowest BCUT2D eigenvalue weighted by atomic mass is 9.87. The Hall–Kier alpha value is -1.85. The van der Waals surface area contributed by atoms with Crippen LogP contribution in [0.15, 0.2) is 35.3 Å². The Morgan fingerprint density at radius 1 is 1.31 bits per heavy atom. The van der Waals surface area contributed by atoms with E-state index in [0.717, 1.165) is 32.6 Å². The minimum absolute atomic E-state index is 0.0607. The molecule has 1 aromatic heterocycles. The van der Waals surface area contributed by atoms with Crippen molar-refractivity contribution < 1.29 is 4.74 Å². The summed E-state index contributed by atoms with van der Waals surface area (Å²) in [5.41, 5.74) is 2.22. The van der Waals surface area contributed by atoms with Gasteiger partial charge in [0.05, 0.1) is 24.2 Å². The molecule has 1 aliphatic rings. The van der Waals surface area contributed by atoms with E-state index in [9.17, 15) is 4.79 Å². The molecular weight excluding hydrogens is 350 g/mol. The quantitative estimate of drug-likeness (QED) is 0.876. The summed E-state index contributed by atoms with van der Waals surface area (Å²) < 4.78 is 6.82. The largest absolute Gasteiger partial charge is 0.382 e. The summed E-state index contributed by atoms with van der Waals surface area (Å²) in [6, 6.07) is 7.84. The van der Waals surface area contributed by atoms with Gasteiger partial charge >= 0.3 is 0 Å². The van der Waals surface area contributed by atoms with Crippen molar-refractivity contribution >= 4 is 17.3 Å². The zero-order valence-electron chi connectivity index (χ0n) is 15.6. The van der Waals surface area contributed by atoms with E-state index in [1.54, 1.807) is 6.20 Å². The van der Waals surface area contributed by atoms with Gasteiger partial charge in [-0.05, 0) is 41.9 Å². The molecule has 3 rings (SSSR count). The van der Waals surface area contributed by atoms with Crippen molar-refractivity contribution in [2.75, 3.05) is 25.1 Å². The fourth-order valence-corrected chi connectivity index (χ4v) is 3.26. The summed E-state index contributed by atoms with van der Waals surface area (Å²) in [4.78, 5) is 12.6. The molecule has 1 atom stereocenters. The fraction of sp³-hybridized carbons (Fsp3) is 0.500. The second kappa shape index (κ2) is 7.80. The summed E-state index contributed by atoms with van der Waals surface area (Å²) in [5, 5.41) is 7.70. The molecule has 5 nitrogen and oxygen atoms in total. The lowest BCUT2D eigenvalue weighted by Crippen LogP contribution is -2.26. The second-order valence-corrected chi connectivity index (χ2v) is 8.23. The minimum atomic E-state index is -0.319. The molecule has 2 heterocycles. The zero-order valence-corrected chi connectivity index (χ0v) is 16.3. The molecule has 0 spiro atoms. The van der Waals surface area contributed by atoms with Crippen molar-refractivity contribution in [3.8, 4) is 5.69 Å². The normalized spacial score (nSPS) is 17.9. The van der Waals surface area contributed by atoms with Crippen molar-refractivity contribution in [1.29, 1.82) is 0 Å². The first-order chi connectivity index (χ1) is 12.4. The minimum Gasteiger partial charge on any atom is -0.382 e. The lowest BCUT2D eigenvalue weighted by Gasteiger charge is -2.23. The van der Waals surface area contributed by atoms with Gasteiger partial charge in [-0.3, -0.25) is 4.79 Å². The maximum absolute atomic E-state index is 12.6. The maximum Gasteiger partial charge on any atom is 0.292 e. The van der Waals surface area contributed by atoms with E-state index in [4.69, 9.17) is 16.3 Å². The first kappa shape index (κ1) is 18.9. The Balaban J connectivity index is 1.77. The first-order valence-electron chi connectivity index (χ1n) is 9.06. The van der Waals surface area contributed by atoms with Crippen LogP contribution < -0.4 is 10.9 Å². The predicted octanol–water partition coefficient (Wildman–Crippen LogP) is 4.02. The molecule has 26 heavy (non-hydrogen) atoms. The van der Waals surface area contributed by atoms with Gasteiger partial charge in [0.2, 0.25) is 0 Å². The van der Waals surface area contributed by atoms with Gasteiger partial charge in [0.15, 0.2) is 0 Å². The van der Waals surface area contributed by atoms with Crippen LogP contribution >= 0.6 is 11.6 Å². The molecule has 1 aromatic carbocycles. The van der Waals surface area contributed by atoms with Crippen molar-refractivity contribution in [2.24, 2.45) is 5.92 Å². The number of aromatic nitrogens is 2. The summed E-state index contributed by atoms with van der Waals surface area (Å²) >= 11 is 6.30. The third-order valence-corrected chi connectivity index (χ3v) is 5.10. The average Bonchev–Trinajstić information content (AvgIpc) is 2.63. The molecule has 140 valence electrons. The van der Waals surface area contributed by atoms with Gasteiger partial charge < -0.3 is 10.1 Å². The standard InChI is InChI=1S/C20H26ClN3O2/c1-20(2,3)15-6-8-16(9-7-15)24-19(25)18(21)17(12-23-24)22-11-14-5-4-10-26-13-14/h6-9,12,14,22H,4-5,10-11,13H2,1-3H3/t14-/m0/s1. The molecule has 0 aliphatic carbocycles. The molecule has 0 radical (unpaired) electrons. The van der Waals surface area contributed by atoms with E-state index in [1.165, 1.54) is 10.2 Å². The molecule has 1 saturated heterocycles. The number of anilines is 1. The van der Waals surface area contributed by atoms with Crippen molar-refractivity contribution in [3.63, 3.8) is 0 Å². The third-order valence-electron chi connectivity index (χ3n) is 4.73. The Morgan fingerprint density at radius 3 is 2.65 bits per heavy atom. The number of hydrogen-bond acceptors (Lipinski definition) is 4. The van der Waals surface area contributed by atoms with E-state index >= 15 is 0 Å². The predicted molar refractivity (Wildman–Crippen MR) is 106 cm³/mol. The fourth-order valence-electron chi connectivity index (χ4n) is 3.07. The number of benzene rings is 1. The monoisotopic (exact) mass is 375 g/mol.